The Bertz CT molecular complexity index is 1010. The topological polar surface area (TPSA) is 87.0 Å². The van der Waals surface area contributed by atoms with E-state index in [0.717, 1.165) is 5.56 Å². The van der Waals surface area contributed by atoms with Gasteiger partial charge in [-0.15, -0.1) is 0 Å². The fraction of sp³-hybridized carbons (Fsp3) is 0.474. The predicted molar refractivity (Wildman–Crippen MR) is 114 cm³/mol. The Hall–Kier alpha value is -1.65. The van der Waals surface area contributed by atoms with Gasteiger partial charge in [0.05, 0.1) is 16.6 Å². The lowest BCUT2D eigenvalue weighted by Gasteiger charge is -2.34. The Morgan fingerprint density at radius 1 is 1.17 bits per heavy atom. The van der Waals surface area contributed by atoms with E-state index in [4.69, 9.17) is 27.7 Å². The summed E-state index contributed by atoms with van der Waals surface area (Å²) in [6.07, 6.45) is 0. The molecule has 1 aromatic heterocycles. The molecular formula is C19H24Cl2N4O4S. The van der Waals surface area contributed by atoms with Gasteiger partial charge in [-0.3, -0.25) is 9.69 Å². The van der Waals surface area contributed by atoms with Gasteiger partial charge in [0, 0.05) is 32.7 Å². The van der Waals surface area contributed by atoms with E-state index in [1.807, 2.05) is 18.0 Å². The summed E-state index contributed by atoms with van der Waals surface area (Å²) in [5.74, 6) is 0.224. The van der Waals surface area contributed by atoms with Gasteiger partial charge in [-0.05, 0) is 38.6 Å². The predicted octanol–water partition coefficient (Wildman–Crippen LogP) is 2.56. The standard InChI is InChI=1S/C19H24Cl2N4O4S/c1-13-19(14(2)29-22-13)30(27,28)25-8-6-24(7-9-25)18(26)12-23(3)11-15-4-5-16(20)17(21)10-15/h4-5,10H,6-9,11-12H2,1-3H3. The summed E-state index contributed by atoms with van der Waals surface area (Å²) in [5, 5.41) is 4.70. The SMILES string of the molecule is Cc1noc(C)c1S(=O)(=O)N1CCN(C(=O)CN(C)Cc2ccc(Cl)c(Cl)c2)CC1. The third kappa shape index (κ3) is 4.97. The molecule has 2 heterocycles. The highest BCUT2D eigenvalue weighted by atomic mass is 35.5. The van der Waals surface area contributed by atoms with E-state index >= 15 is 0 Å². The van der Waals surface area contributed by atoms with Crippen molar-refractivity contribution in [1.82, 2.24) is 19.3 Å². The van der Waals surface area contributed by atoms with E-state index in [9.17, 15) is 13.2 Å². The summed E-state index contributed by atoms with van der Waals surface area (Å²) in [4.78, 5) is 16.3. The van der Waals surface area contributed by atoms with E-state index in [-0.39, 0.29) is 36.2 Å². The van der Waals surface area contributed by atoms with Gasteiger partial charge in [0.25, 0.3) is 0 Å². The molecule has 11 heteroatoms. The molecule has 1 fully saturated rings. The normalized spacial score (nSPS) is 15.7. The summed E-state index contributed by atoms with van der Waals surface area (Å²) < 4.78 is 32.2. The molecule has 0 radical (unpaired) electrons. The number of likely N-dealkylation sites (N-methyl/N-ethyl adjacent to an activating group) is 1. The monoisotopic (exact) mass is 474 g/mol. The molecule has 2 aromatic rings. The number of hydrogen-bond donors (Lipinski definition) is 0. The second-order valence-corrected chi connectivity index (χ2v) is 10.0. The van der Waals surface area contributed by atoms with Gasteiger partial charge in [0.1, 0.15) is 10.6 Å². The van der Waals surface area contributed by atoms with Gasteiger partial charge in [-0.2, -0.15) is 4.31 Å². The number of benzene rings is 1. The molecule has 1 aromatic carbocycles. The number of carbonyl (C=O) groups is 1. The fourth-order valence-corrected chi connectivity index (χ4v) is 5.52. The quantitative estimate of drug-likeness (QED) is 0.639. The molecule has 8 nitrogen and oxygen atoms in total. The molecule has 0 spiro atoms. The third-order valence-electron chi connectivity index (χ3n) is 5.00. The molecule has 0 N–H and O–H groups in total. The van der Waals surface area contributed by atoms with Crippen molar-refractivity contribution >= 4 is 39.1 Å². The van der Waals surface area contributed by atoms with Crippen LogP contribution in [0.5, 0.6) is 0 Å². The van der Waals surface area contributed by atoms with Crippen LogP contribution in [-0.2, 0) is 21.4 Å². The number of rotatable bonds is 6. The molecule has 0 atom stereocenters. The van der Waals surface area contributed by atoms with Crippen LogP contribution in [0.2, 0.25) is 10.0 Å². The van der Waals surface area contributed by atoms with E-state index < -0.39 is 10.0 Å². The molecule has 30 heavy (non-hydrogen) atoms. The number of amides is 1. The second-order valence-electron chi connectivity index (χ2n) is 7.36. The maximum Gasteiger partial charge on any atom is 0.248 e. The van der Waals surface area contributed by atoms with Crippen LogP contribution in [-0.4, -0.2) is 73.4 Å². The molecule has 1 amide bonds. The highest BCUT2D eigenvalue weighted by molar-refractivity contribution is 7.89. The van der Waals surface area contributed by atoms with Crippen molar-refractivity contribution in [1.29, 1.82) is 0 Å². The van der Waals surface area contributed by atoms with Crippen LogP contribution in [0.4, 0.5) is 0 Å². The molecule has 0 unspecified atom stereocenters. The Labute approximate surface area is 186 Å². The van der Waals surface area contributed by atoms with E-state index in [1.165, 1.54) is 4.31 Å². The number of nitrogens with zero attached hydrogens (tertiary/aromatic N) is 4. The summed E-state index contributed by atoms with van der Waals surface area (Å²) in [6.45, 7) is 5.08. The van der Waals surface area contributed by atoms with Crippen LogP contribution in [0.1, 0.15) is 17.0 Å². The van der Waals surface area contributed by atoms with Crippen molar-refractivity contribution in [3.8, 4) is 0 Å². The molecule has 0 saturated carbocycles. The third-order valence-corrected chi connectivity index (χ3v) is 7.88. The molecule has 0 bridgehead atoms. The zero-order valence-corrected chi connectivity index (χ0v) is 19.4. The van der Waals surface area contributed by atoms with Crippen molar-refractivity contribution in [2.75, 3.05) is 39.8 Å². The lowest BCUT2D eigenvalue weighted by atomic mass is 10.2. The Morgan fingerprint density at radius 2 is 1.83 bits per heavy atom. The van der Waals surface area contributed by atoms with Gasteiger partial charge in [0.2, 0.25) is 15.9 Å². The number of halogens is 2. The van der Waals surface area contributed by atoms with Crippen LogP contribution in [0.25, 0.3) is 0 Å². The van der Waals surface area contributed by atoms with Gasteiger partial charge < -0.3 is 9.42 Å². The molecule has 164 valence electrons. The maximum absolute atomic E-state index is 12.9. The van der Waals surface area contributed by atoms with Crippen molar-refractivity contribution in [3.63, 3.8) is 0 Å². The number of aromatic nitrogens is 1. The van der Waals surface area contributed by atoms with Crippen LogP contribution in [0, 0.1) is 13.8 Å². The van der Waals surface area contributed by atoms with E-state index in [0.29, 0.717) is 35.4 Å². The lowest BCUT2D eigenvalue weighted by molar-refractivity contribution is -0.133. The van der Waals surface area contributed by atoms with Gasteiger partial charge >= 0.3 is 0 Å². The maximum atomic E-state index is 12.9. The van der Waals surface area contributed by atoms with Crippen LogP contribution >= 0.6 is 23.2 Å². The lowest BCUT2D eigenvalue weighted by Crippen LogP contribution is -2.52. The summed E-state index contributed by atoms with van der Waals surface area (Å²) in [6, 6.07) is 5.38. The minimum Gasteiger partial charge on any atom is -0.360 e. The molecule has 1 aliphatic heterocycles. The summed E-state index contributed by atoms with van der Waals surface area (Å²) in [5.41, 5.74) is 1.30. The average molecular weight is 475 g/mol. The molecular weight excluding hydrogens is 451 g/mol. The number of aryl methyl sites for hydroxylation is 2. The van der Waals surface area contributed by atoms with Gasteiger partial charge in [0.15, 0.2) is 5.76 Å². The smallest absolute Gasteiger partial charge is 0.248 e. The first-order chi connectivity index (χ1) is 14.1. The zero-order valence-electron chi connectivity index (χ0n) is 17.1. The highest BCUT2D eigenvalue weighted by Crippen LogP contribution is 2.25. The van der Waals surface area contributed by atoms with Crippen molar-refractivity contribution in [2.24, 2.45) is 0 Å². The average Bonchev–Trinajstić information content (AvgIpc) is 3.03. The highest BCUT2D eigenvalue weighted by Gasteiger charge is 2.34. The van der Waals surface area contributed by atoms with Crippen LogP contribution < -0.4 is 0 Å². The Balaban J connectivity index is 1.55. The minimum atomic E-state index is -3.70. The summed E-state index contributed by atoms with van der Waals surface area (Å²) in [7, 11) is -1.85. The molecule has 3 rings (SSSR count). The van der Waals surface area contributed by atoms with E-state index in [1.54, 1.807) is 30.9 Å². The van der Waals surface area contributed by atoms with Gasteiger partial charge in [-0.1, -0.05) is 34.4 Å². The summed E-state index contributed by atoms with van der Waals surface area (Å²) >= 11 is 12.0. The Kier molecular flexibility index (Phi) is 7.09. The first kappa shape index (κ1) is 23.0. The van der Waals surface area contributed by atoms with E-state index in [2.05, 4.69) is 5.16 Å². The minimum absolute atomic E-state index is 0.0491. The number of piperazine rings is 1. The van der Waals surface area contributed by atoms with Crippen LogP contribution in [0.15, 0.2) is 27.6 Å². The fourth-order valence-electron chi connectivity index (χ4n) is 3.49. The first-order valence-electron chi connectivity index (χ1n) is 9.43. The van der Waals surface area contributed by atoms with Crippen molar-refractivity contribution < 1.29 is 17.7 Å². The number of carbonyl (C=O) groups excluding carboxylic acids is 1. The molecule has 1 saturated heterocycles. The van der Waals surface area contributed by atoms with Crippen molar-refractivity contribution in [3.05, 3.63) is 45.3 Å². The molecule has 0 aliphatic carbocycles. The molecule has 1 aliphatic rings. The van der Waals surface area contributed by atoms with Crippen LogP contribution in [0.3, 0.4) is 0 Å². The number of hydrogen-bond acceptors (Lipinski definition) is 6. The number of sulfonamides is 1. The largest absolute Gasteiger partial charge is 0.360 e. The van der Waals surface area contributed by atoms with Crippen molar-refractivity contribution in [2.45, 2.75) is 25.3 Å². The first-order valence-corrected chi connectivity index (χ1v) is 11.6. The zero-order chi connectivity index (χ0) is 22.1. The Morgan fingerprint density at radius 3 is 2.40 bits per heavy atom. The van der Waals surface area contributed by atoms with Gasteiger partial charge in [-0.25, -0.2) is 8.42 Å². The second kappa shape index (κ2) is 9.23.